The minimum Gasteiger partial charge on any atom is -0.489 e. The Hall–Kier alpha value is -1.57. The summed E-state index contributed by atoms with van der Waals surface area (Å²) in [6.45, 7) is 1.72. The number of hydrogen-bond donors (Lipinski definition) is 2. The number of hydrogen-bond acceptors (Lipinski definition) is 4. The van der Waals surface area contributed by atoms with Gasteiger partial charge in [0.25, 0.3) is 0 Å². The molecule has 0 aliphatic heterocycles. The topological polar surface area (TPSA) is 65.3 Å². The first kappa shape index (κ1) is 13.9. The highest BCUT2D eigenvalue weighted by molar-refractivity contribution is 5.42. The van der Waals surface area contributed by atoms with Crippen molar-refractivity contribution in [2.45, 2.75) is 25.4 Å². The number of aliphatic hydroxyl groups is 1. The van der Waals surface area contributed by atoms with E-state index in [-0.39, 0.29) is 6.61 Å². The zero-order valence-electron chi connectivity index (χ0n) is 11.0. The largest absolute Gasteiger partial charge is 0.489 e. The summed E-state index contributed by atoms with van der Waals surface area (Å²) in [7, 11) is 0. The van der Waals surface area contributed by atoms with E-state index in [2.05, 4.69) is 11.4 Å². The van der Waals surface area contributed by atoms with Crippen LogP contribution in [0.1, 0.15) is 24.8 Å². The Morgan fingerprint density at radius 1 is 1.42 bits per heavy atom. The smallest absolute Gasteiger partial charge is 0.137 e. The maximum atomic E-state index is 9.81. The van der Waals surface area contributed by atoms with Crippen LogP contribution in [-0.4, -0.2) is 30.9 Å². The molecule has 0 spiro atoms. The Morgan fingerprint density at radius 2 is 2.21 bits per heavy atom. The summed E-state index contributed by atoms with van der Waals surface area (Å²) < 4.78 is 5.48. The highest BCUT2D eigenvalue weighted by Crippen LogP contribution is 2.25. The van der Waals surface area contributed by atoms with Gasteiger partial charge in [0.15, 0.2) is 0 Å². The lowest BCUT2D eigenvalue weighted by Gasteiger charge is -2.26. The van der Waals surface area contributed by atoms with Gasteiger partial charge in [-0.1, -0.05) is 18.6 Å². The fourth-order valence-electron chi connectivity index (χ4n) is 2.08. The van der Waals surface area contributed by atoms with Gasteiger partial charge < -0.3 is 15.2 Å². The second-order valence-electron chi connectivity index (χ2n) is 5.03. The Bertz CT molecular complexity index is 438. The van der Waals surface area contributed by atoms with Crippen LogP contribution in [0.3, 0.4) is 0 Å². The molecule has 1 aromatic carbocycles. The first-order valence-electron chi connectivity index (χ1n) is 6.80. The molecular weight excluding hydrogens is 240 g/mol. The molecule has 1 saturated carbocycles. The van der Waals surface area contributed by atoms with Gasteiger partial charge in [-0.25, -0.2) is 0 Å². The molecule has 19 heavy (non-hydrogen) atoms. The SMILES string of the molecule is N#Cc1ccccc1OCC(O)CNCC1CCC1. The predicted molar refractivity (Wildman–Crippen MR) is 72.9 cm³/mol. The summed E-state index contributed by atoms with van der Waals surface area (Å²) in [5, 5.41) is 22.0. The Balaban J connectivity index is 1.67. The number of aliphatic hydroxyl groups excluding tert-OH is 1. The molecule has 2 rings (SSSR count). The van der Waals surface area contributed by atoms with E-state index in [9.17, 15) is 5.11 Å². The lowest BCUT2D eigenvalue weighted by Crippen LogP contribution is -2.35. The van der Waals surface area contributed by atoms with Crippen LogP contribution in [0, 0.1) is 17.2 Å². The van der Waals surface area contributed by atoms with Crippen molar-refractivity contribution < 1.29 is 9.84 Å². The van der Waals surface area contributed by atoms with E-state index in [4.69, 9.17) is 10.00 Å². The highest BCUT2D eigenvalue weighted by atomic mass is 16.5. The molecule has 1 aliphatic rings. The van der Waals surface area contributed by atoms with Crippen molar-refractivity contribution in [2.75, 3.05) is 19.7 Å². The highest BCUT2D eigenvalue weighted by Gasteiger charge is 2.17. The third kappa shape index (κ3) is 4.23. The molecule has 0 amide bonds. The number of rotatable bonds is 7. The van der Waals surface area contributed by atoms with E-state index >= 15 is 0 Å². The summed E-state index contributed by atoms with van der Waals surface area (Å²) in [6, 6.07) is 9.13. The average molecular weight is 260 g/mol. The second kappa shape index (κ2) is 7.13. The molecule has 1 fully saturated rings. The molecule has 1 aliphatic carbocycles. The first-order chi connectivity index (χ1) is 9.29. The maximum absolute atomic E-state index is 9.81. The Labute approximate surface area is 114 Å². The molecule has 4 nitrogen and oxygen atoms in total. The number of para-hydroxylation sites is 1. The number of nitrogens with zero attached hydrogens (tertiary/aromatic N) is 1. The fraction of sp³-hybridized carbons (Fsp3) is 0.533. The van der Waals surface area contributed by atoms with Gasteiger partial charge in [-0.3, -0.25) is 0 Å². The van der Waals surface area contributed by atoms with Crippen LogP contribution in [0.25, 0.3) is 0 Å². The zero-order valence-corrected chi connectivity index (χ0v) is 11.0. The molecule has 0 bridgehead atoms. The van der Waals surface area contributed by atoms with Gasteiger partial charge in [-0.15, -0.1) is 0 Å². The van der Waals surface area contributed by atoms with Crippen molar-refractivity contribution in [1.29, 1.82) is 5.26 Å². The predicted octanol–water partition coefficient (Wildman–Crippen LogP) is 1.69. The maximum Gasteiger partial charge on any atom is 0.137 e. The van der Waals surface area contributed by atoms with Gasteiger partial charge in [-0.05, 0) is 37.4 Å². The van der Waals surface area contributed by atoms with Crippen LogP contribution in [0.4, 0.5) is 0 Å². The molecular formula is C15H20N2O2. The minimum absolute atomic E-state index is 0.205. The summed E-state index contributed by atoms with van der Waals surface area (Å²) >= 11 is 0. The van der Waals surface area contributed by atoms with Crippen LogP contribution >= 0.6 is 0 Å². The van der Waals surface area contributed by atoms with Crippen LogP contribution in [0.2, 0.25) is 0 Å². The van der Waals surface area contributed by atoms with E-state index < -0.39 is 6.10 Å². The molecule has 0 radical (unpaired) electrons. The molecule has 0 heterocycles. The quantitative estimate of drug-likeness (QED) is 0.783. The summed E-state index contributed by atoms with van der Waals surface area (Å²) in [6.07, 6.45) is 3.39. The Morgan fingerprint density at radius 3 is 2.89 bits per heavy atom. The number of ether oxygens (including phenoxy) is 1. The molecule has 1 aromatic rings. The molecule has 102 valence electrons. The van der Waals surface area contributed by atoms with E-state index in [0.29, 0.717) is 17.9 Å². The molecule has 1 unspecified atom stereocenters. The summed E-state index contributed by atoms with van der Waals surface area (Å²) in [5.41, 5.74) is 0.497. The van der Waals surface area contributed by atoms with E-state index in [1.165, 1.54) is 19.3 Å². The van der Waals surface area contributed by atoms with Crippen LogP contribution < -0.4 is 10.1 Å². The molecule has 0 aromatic heterocycles. The number of nitrogens with one attached hydrogen (secondary N) is 1. The number of benzene rings is 1. The molecule has 4 heteroatoms. The second-order valence-corrected chi connectivity index (χ2v) is 5.03. The first-order valence-corrected chi connectivity index (χ1v) is 6.80. The number of nitriles is 1. The van der Waals surface area contributed by atoms with Gasteiger partial charge in [0.2, 0.25) is 0 Å². The standard InChI is InChI=1S/C15H20N2O2/c16-8-13-6-1-2-7-15(13)19-11-14(18)10-17-9-12-4-3-5-12/h1-2,6-7,12,14,17-18H,3-5,9-11H2. The van der Waals surface area contributed by atoms with Crippen molar-refractivity contribution >= 4 is 0 Å². The normalized spacial score (nSPS) is 16.4. The Kier molecular flexibility index (Phi) is 5.20. The lowest BCUT2D eigenvalue weighted by atomic mass is 9.85. The van der Waals surface area contributed by atoms with Crippen LogP contribution in [0.5, 0.6) is 5.75 Å². The van der Waals surface area contributed by atoms with Gasteiger partial charge in [0.1, 0.15) is 24.5 Å². The average Bonchev–Trinajstić information content (AvgIpc) is 2.39. The molecule has 1 atom stereocenters. The van der Waals surface area contributed by atoms with Crippen molar-refractivity contribution in [3.63, 3.8) is 0 Å². The van der Waals surface area contributed by atoms with Crippen molar-refractivity contribution in [2.24, 2.45) is 5.92 Å². The van der Waals surface area contributed by atoms with Crippen molar-refractivity contribution in [3.05, 3.63) is 29.8 Å². The zero-order chi connectivity index (χ0) is 13.5. The van der Waals surface area contributed by atoms with E-state index in [1.54, 1.807) is 18.2 Å². The van der Waals surface area contributed by atoms with Gasteiger partial charge in [-0.2, -0.15) is 5.26 Å². The summed E-state index contributed by atoms with van der Waals surface area (Å²) in [5.74, 6) is 1.32. The van der Waals surface area contributed by atoms with Gasteiger partial charge in [0, 0.05) is 6.54 Å². The van der Waals surface area contributed by atoms with Crippen LogP contribution in [-0.2, 0) is 0 Å². The van der Waals surface area contributed by atoms with Crippen molar-refractivity contribution in [3.8, 4) is 11.8 Å². The van der Waals surface area contributed by atoms with Crippen LogP contribution in [0.15, 0.2) is 24.3 Å². The monoisotopic (exact) mass is 260 g/mol. The fourth-order valence-corrected chi connectivity index (χ4v) is 2.08. The van der Waals surface area contributed by atoms with Gasteiger partial charge >= 0.3 is 0 Å². The lowest BCUT2D eigenvalue weighted by molar-refractivity contribution is 0.104. The molecule has 0 saturated heterocycles. The minimum atomic E-state index is -0.549. The summed E-state index contributed by atoms with van der Waals surface area (Å²) in [4.78, 5) is 0. The van der Waals surface area contributed by atoms with E-state index in [0.717, 1.165) is 12.5 Å². The molecule has 2 N–H and O–H groups in total. The third-order valence-electron chi connectivity index (χ3n) is 3.48. The van der Waals surface area contributed by atoms with Crippen molar-refractivity contribution in [1.82, 2.24) is 5.32 Å². The third-order valence-corrected chi connectivity index (χ3v) is 3.48. The van der Waals surface area contributed by atoms with E-state index in [1.807, 2.05) is 6.07 Å². The van der Waals surface area contributed by atoms with Gasteiger partial charge in [0.05, 0.1) is 5.56 Å².